The summed E-state index contributed by atoms with van der Waals surface area (Å²) >= 11 is 0. The summed E-state index contributed by atoms with van der Waals surface area (Å²) in [6.45, 7) is 2.80. The van der Waals surface area contributed by atoms with Crippen LogP contribution in [0.3, 0.4) is 0 Å². The van der Waals surface area contributed by atoms with Crippen molar-refractivity contribution in [3.63, 3.8) is 0 Å². The number of nitrogens with zero attached hydrogens (tertiary/aromatic N) is 2. The largest absolute Gasteiger partial charge is 0.388 e. The first-order valence-electron chi connectivity index (χ1n) is 6.58. The first-order valence-corrected chi connectivity index (χ1v) is 6.58. The minimum absolute atomic E-state index is 0.555. The first kappa shape index (κ1) is 13.1. The summed E-state index contributed by atoms with van der Waals surface area (Å²) in [5.74, 6) is 2.07. The topological polar surface area (TPSA) is 70.1 Å². The highest BCUT2D eigenvalue weighted by molar-refractivity contribution is 5.39. The summed E-state index contributed by atoms with van der Waals surface area (Å²) < 4.78 is 0. The Morgan fingerprint density at radius 3 is 2.83 bits per heavy atom. The zero-order valence-corrected chi connectivity index (χ0v) is 11.1. The lowest BCUT2D eigenvalue weighted by atomic mass is 9.79. The molecule has 0 spiro atoms. The minimum Gasteiger partial charge on any atom is -0.388 e. The molecule has 0 bridgehead atoms. The number of aliphatic hydroxyl groups is 1. The van der Waals surface area contributed by atoms with E-state index in [0.717, 1.165) is 37.4 Å². The van der Waals surface area contributed by atoms with Gasteiger partial charge in [-0.2, -0.15) is 4.98 Å². The normalized spacial score (nSPS) is 27.8. The van der Waals surface area contributed by atoms with Crippen LogP contribution in [0.4, 0.5) is 11.8 Å². The molecular weight excluding hydrogens is 228 g/mol. The fourth-order valence-electron chi connectivity index (χ4n) is 2.31. The smallest absolute Gasteiger partial charge is 0.224 e. The average Bonchev–Trinajstić information content (AvgIpc) is 2.41. The Kier molecular flexibility index (Phi) is 4.01. The zero-order valence-electron chi connectivity index (χ0n) is 11.1. The molecule has 1 aliphatic carbocycles. The number of nitrogens with one attached hydrogen (secondary N) is 2. The Morgan fingerprint density at radius 1 is 1.44 bits per heavy atom. The third-order valence-electron chi connectivity index (χ3n) is 3.68. The lowest BCUT2D eigenvalue weighted by molar-refractivity contribution is 0.00495. The van der Waals surface area contributed by atoms with Gasteiger partial charge in [0.2, 0.25) is 5.95 Å². The van der Waals surface area contributed by atoms with Crippen LogP contribution in [-0.2, 0) is 0 Å². The third-order valence-corrected chi connectivity index (χ3v) is 3.68. The van der Waals surface area contributed by atoms with Gasteiger partial charge in [0.05, 0.1) is 5.60 Å². The second-order valence-electron chi connectivity index (χ2n) is 5.28. The van der Waals surface area contributed by atoms with Crippen LogP contribution in [-0.4, -0.2) is 34.3 Å². The molecule has 2 rings (SSSR count). The molecule has 5 heteroatoms. The Morgan fingerprint density at radius 2 is 2.17 bits per heavy atom. The van der Waals surface area contributed by atoms with E-state index in [4.69, 9.17) is 0 Å². The quantitative estimate of drug-likeness (QED) is 0.761. The van der Waals surface area contributed by atoms with Gasteiger partial charge in [0.25, 0.3) is 0 Å². The summed E-state index contributed by atoms with van der Waals surface area (Å²) in [5, 5.41) is 16.6. The van der Waals surface area contributed by atoms with E-state index in [9.17, 15) is 5.11 Å². The Hall–Kier alpha value is -1.36. The fourth-order valence-corrected chi connectivity index (χ4v) is 2.31. The van der Waals surface area contributed by atoms with Crippen molar-refractivity contribution in [3.05, 3.63) is 12.3 Å². The molecule has 18 heavy (non-hydrogen) atoms. The monoisotopic (exact) mass is 250 g/mol. The van der Waals surface area contributed by atoms with Gasteiger partial charge in [0.1, 0.15) is 5.82 Å². The van der Waals surface area contributed by atoms with Crippen LogP contribution in [0.25, 0.3) is 0 Å². The van der Waals surface area contributed by atoms with Crippen molar-refractivity contribution in [1.82, 2.24) is 9.97 Å². The van der Waals surface area contributed by atoms with Crippen LogP contribution in [0.15, 0.2) is 12.3 Å². The molecule has 0 saturated heterocycles. The summed E-state index contributed by atoms with van der Waals surface area (Å²) in [5.41, 5.74) is -0.586. The fraction of sp³-hybridized carbons (Fsp3) is 0.692. The average molecular weight is 250 g/mol. The number of rotatable bonds is 4. The second-order valence-corrected chi connectivity index (χ2v) is 5.28. The maximum atomic E-state index is 10.5. The molecule has 3 N–H and O–H groups in total. The van der Waals surface area contributed by atoms with Gasteiger partial charge >= 0.3 is 0 Å². The molecule has 0 atom stereocenters. The molecule has 0 aliphatic heterocycles. The SMILES string of the molecule is CNc1nccc(NCC2(O)CCC(C)CC2)n1. The highest BCUT2D eigenvalue weighted by atomic mass is 16.3. The van der Waals surface area contributed by atoms with Crippen molar-refractivity contribution in [2.45, 2.75) is 38.2 Å². The molecule has 0 amide bonds. The van der Waals surface area contributed by atoms with Crippen LogP contribution in [0.2, 0.25) is 0 Å². The van der Waals surface area contributed by atoms with Gasteiger partial charge in [0, 0.05) is 19.8 Å². The van der Waals surface area contributed by atoms with Gasteiger partial charge < -0.3 is 15.7 Å². The van der Waals surface area contributed by atoms with Gasteiger partial charge in [-0.15, -0.1) is 0 Å². The van der Waals surface area contributed by atoms with Gasteiger partial charge in [-0.1, -0.05) is 6.92 Å². The summed E-state index contributed by atoms with van der Waals surface area (Å²) in [4.78, 5) is 8.33. The standard InChI is InChI=1S/C13H22N4O/c1-10-3-6-13(18,7-4-10)9-16-11-5-8-15-12(14-2)17-11/h5,8,10,18H,3-4,6-7,9H2,1-2H3,(H2,14,15,16,17). The van der Waals surface area contributed by atoms with E-state index in [2.05, 4.69) is 27.5 Å². The van der Waals surface area contributed by atoms with Crippen molar-refractivity contribution < 1.29 is 5.11 Å². The molecule has 0 radical (unpaired) electrons. The summed E-state index contributed by atoms with van der Waals surface area (Å²) in [7, 11) is 1.79. The molecule has 1 aromatic heterocycles. The number of hydrogen-bond donors (Lipinski definition) is 3. The summed E-state index contributed by atoms with van der Waals surface area (Å²) in [6, 6.07) is 1.82. The molecule has 0 aromatic carbocycles. The van der Waals surface area contributed by atoms with E-state index < -0.39 is 5.60 Å². The summed E-state index contributed by atoms with van der Waals surface area (Å²) in [6.07, 6.45) is 5.64. The first-order chi connectivity index (χ1) is 8.61. The third kappa shape index (κ3) is 3.32. The predicted octanol–water partition coefficient (Wildman–Crippen LogP) is 1.87. The van der Waals surface area contributed by atoms with Crippen molar-refractivity contribution in [3.8, 4) is 0 Å². The molecule has 100 valence electrons. The van der Waals surface area contributed by atoms with Gasteiger partial charge in [0.15, 0.2) is 0 Å². The van der Waals surface area contributed by atoms with Crippen LogP contribution < -0.4 is 10.6 Å². The van der Waals surface area contributed by atoms with Crippen molar-refractivity contribution in [1.29, 1.82) is 0 Å². The molecule has 1 fully saturated rings. The number of anilines is 2. The van der Waals surface area contributed by atoms with Gasteiger partial charge in [-0.25, -0.2) is 4.98 Å². The van der Waals surface area contributed by atoms with E-state index in [1.165, 1.54) is 0 Å². The van der Waals surface area contributed by atoms with Crippen LogP contribution in [0.5, 0.6) is 0 Å². The molecule has 1 aromatic rings. The van der Waals surface area contributed by atoms with E-state index in [1.807, 2.05) is 6.07 Å². The van der Waals surface area contributed by atoms with Crippen LogP contribution >= 0.6 is 0 Å². The van der Waals surface area contributed by atoms with E-state index in [-0.39, 0.29) is 0 Å². The predicted molar refractivity (Wildman–Crippen MR) is 72.7 cm³/mol. The molecule has 5 nitrogen and oxygen atoms in total. The van der Waals surface area contributed by atoms with Gasteiger partial charge in [-0.3, -0.25) is 0 Å². The van der Waals surface area contributed by atoms with Crippen molar-refractivity contribution in [2.75, 3.05) is 24.2 Å². The molecule has 0 unspecified atom stereocenters. The Balaban J connectivity index is 1.90. The molecule has 1 aliphatic rings. The second kappa shape index (κ2) is 5.52. The molecular formula is C13H22N4O. The highest BCUT2D eigenvalue weighted by Crippen LogP contribution is 2.31. The zero-order chi connectivity index (χ0) is 13.0. The minimum atomic E-state index is -0.586. The van der Waals surface area contributed by atoms with Crippen LogP contribution in [0, 0.1) is 5.92 Å². The van der Waals surface area contributed by atoms with Crippen LogP contribution in [0.1, 0.15) is 32.6 Å². The maximum Gasteiger partial charge on any atom is 0.224 e. The lowest BCUT2D eigenvalue weighted by Gasteiger charge is -2.35. The van der Waals surface area contributed by atoms with E-state index in [0.29, 0.717) is 12.5 Å². The van der Waals surface area contributed by atoms with E-state index >= 15 is 0 Å². The van der Waals surface area contributed by atoms with E-state index in [1.54, 1.807) is 13.2 Å². The highest BCUT2D eigenvalue weighted by Gasteiger charge is 2.31. The number of aromatic nitrogens is 2. The maximum absolute atomic E-state index is 10.5. The van der Waals surface area contributed by atoms with Gasteiger partial charge in [-0.05, 0) is 37.7 Å². The molecule has 1 saturated carbocycles. The Bertz CT molecular complexity index is 388. The lowest BCUT2D eigenvalue weighted by Crippen LogP contribution is -2.40. The Labute approximate surface area is 108 Å². The van der Waals surface area contributed by atoms with Crippen molar-refractivity contribution in [2.24, 2.45) is 5.92 Å². The molecule has 1 heterocycles. The van der Waals surface area contributed by atoms with Crippen molar-refractivity contribution >= 4 is 11.8 Å². The number of hydrogen-bond acceptors (Lipinski definition) is 5.